The van der Waals surface area contributed by atoms with E-state index in [2.05, 4.69) is 38.5 Å². The van der Waals surface area contributed by atoms with Crippen LogP contribution in [0.5, 0.6) is 0 Å². The first-order chi connectivity index (χ1) is 8.08. The van der Waals surface area contributed by atoms with Crippen molar-refractivity contribution in [2.24, 2.45) is 0 Å². The van der Waals surface area contributed by atoms with E-state index in [4.69, 9.17) is 4.74 Å². The second kappa shape index (κ2) is 7.10. The number of halogens is 2. The Kier molecular flexibility index (Phi) is 6.11. The monoisotopic (exact) mass is 410 g/mol. The van der Waals surface area contributed by atoms with Crippen LogP contribution in [0.4, 0.5) is 0 Å². The Labute approximate surface area is 122 Å². The molecule has 0 fully saturated rings. The normalized spacial score (nSPS) is 10.1. The molecule has 0 heterocycles. The molecule has 0 aromatic heterocycles. The van der Waals surface area contributed by atoms with Crippen molar-refractivity contribution in [2.75, 3.05) is 11.9 Å². The molecule has 0 radical (unpaired) electrons. The number of rotatable bonds is 5. The van der Waals surface area contributed by atoms with E-state index in [9.17, 15) is 9.59 Å². The zero-order valence-electron chi connectivity index (χ0n) is 9.33. The van der Waals surface area contributed by atoms with Crippen LogP contribution in [-0.2, 0) is 16.0 Å². The second-order valence-electron chi connectivity index (χ2n) is 3.38. The molecule has 0 amide bonds. The molecule has 0 unspecified atom stereocenters. The van der Waals surface area contributed by atoms with Crippen LogP contribution in [-0.4, -0.2) is 23.7 Å². The lowest BCUT2D eigenvalue weighted by Gasteiger charge is -2.06. The van der Waals surface area contributed by atoms with E-state index >= 15 is 0 Å². The summed E-state index contributed by atoms with van der Waals surface area (Å²) in [4.78, 5) is 22.9. The fourth-order valence-electron chi connectivity index (χ4n) is 1.31. The maximum Gasteiger partial charge on any atom is 0.338 e. The largest absolute Gasteiger partial charge is 0.462 e. The molecule has 17 heavy (non-hydrogen) atoms. The fourth-order valence-corrected chi connectivity index (χ4v) is 2.04. The summed E-state index contributed by atoms with van der Waals surface area (Å²) < 4.78 is 5.90. The van der Waals surface area contributed by atoms with Gasteiger partial charge in [-0.3, -0.25) is 4.79 Å². The van der Waals surface area contributed by atoms with E-state index in [-0.39, 0.29) is 11.8 Å². The maximum absolute atomic E-state index is 11.5. The molecule has 1 aromatic rings. The highest BCUT2D eigenvalue weighted by Crippen LogP contribution is 2.16. The zero-order valence-corrected chi connectivity index (χ0v) is 13.1. The highest BCUT2D eigenvalue weighted by atomic mass is 127. The molecule has 1 rings (SSSR count). The van der Waals surface area contributed by atoms with E-state index in [1.165, 1.54) is 0 Å². The lowest BCUT2D eigenvalue weighted by Crippen LogP contribution is -2.09. The van der Waals surface area contributed by atoms with Gasteiger partial charge in [0.15, 0.2) is 0 Å². The number of carbonyl (C=O) groups is 2. The van der Waals surface area contributed by atoms with Crippen molar-refractivity contribution < 1.29 is 14.3 Å². The average molecular weight is 411 g/mol. The molecule has 92 valence electrons. The van der Waals surface area contributed by atoms with Crippen LogP contribution in [0.3, 0.4) is 0 Å². The molecule has 1 aromatic carbocycles. The Hall–Kier alpha value is -0.430. The molecule has 0 N–H and O–H groups in total. The van der Waals surface area contributed by atoms with Gasteiger partial charge in [-0.25, -0.2) is 4.79 Å². The summed E-state index contributed by atoms with van der Waals surface area (Å²) in [7, 11) is 0. The van der Waals surface area contributed by atoms with Crippen molar-refractivity contribution in [1.82, 2.24) is 0 Å². The fraction of sp³-hybridized carbons (Fsp3) is 0.333. The molecular weight excluding hydrogens is 399 g/mol. The average Bonchev–Trinajstić information content (AvgIpc) is 2.32. The van der Waals surface area contributed by atoms with Gasteiger partial charge in [-0.15, -0.1) is 0 Å². The molecule has 0 saturated carbocycles. The molecule has 5 heteroatoms. The van der Waals surface area contributed by atoms with E-state index in [1.807, 2.05) is 6.07 Å². The summed E-state index contributed by atoms with van der Waals surface area (Å²) in [5.41, 5.74) is 1.35. The number of hydrogen-bond donors (Lipinski definition) is 0. The summed E-state index contributed by atoms with van der Waals surface area (Å²) in [6.07, 6.45) is 0.330. The van der Waals surface area contributed by atoms with Crippen LogP contribution in [0.25, 0.3) is 0 Å². The Morgan fingerprint density at radius 1 is 1.41 bits per heavy atom. The maximum atomic E-state index is 11.5. The van der Waals surface area contributed by atoms with Gasteiger partial charge in [-0.2, -0.15) is 0 Å². The highest BCUT2D eigenvalue weighted by molar-refractivity contribution is 14.1. The molecule has 0 aliphatic heterocycles. The van der Waals surface area contributed by atoms with Crippen LogP contribution in [0.15, 0.2) is 18.2 Å². The first-order valence-electron chi connectivity index (χ1n) is 5.11. The second-order valence-corrected chi connectivity index (χ2v) is 5.10. The molecular formula is C12H12BrIO3. The number of esters is 1. The predicted octanol–water partition coefficient (Wildman–Crippen LogP) is 2.97. The van der Waals surface area contributed by atoms with Gasteiger partial charge < -0.3 is 4.74 Å². The Balaban J connectivity index is 2.93. The summed E-state index contributed by atoms with van der Waals surface area (Å²) >= 11 is 5.28. The quantitative estimate of drug-likeness (QED) is 0.425. The molecule has 0 atom stereocenters. The Morgan fingerprint density at radius 2 is 2.12 bits per heavy atom. The van der Waals surface area contributed by atoms with Crippen molar-refractivity contribution in [3.63, 3.8) is 0 Å². The van der Waals surface area contributed by atoms with Gasteiger partial charge in [0, 0.05) is 9.99 Å². The molecule has 0 aliphatic carbocycles. The lowest BCUT2D eigenvalue weighted by atomic mass is 10.1. The SMILES string of the molecule is CCOC(=O)c1ccc(I)c(CC(=O)CBr)c1. The topological polar surface area (TPSA) is 43.4 Å². The van der Waals surface area contributed by atoms with Crippen molar-refractivity contribution in [1.29, 1.82) is 0 Å². The van der Waals surface area contributed by atoms with E-state index in [0.29, 0.717) is 23.9 Å². The van der Waals surface area contributed by atoms with Gasteiger partial charge in [0.25, 0.3) is 0 Å². The van der Waals surface area contributed by atoms with Crippen LogP contribution >= 0.6 is 38.5 Å². The van der Waals surface area contributed by atoms with Crippen LogP contribution in [0.1, 0.15) is 22.8 Å². The number of Topliss-reactive ketones (excluding diaryl/α,β-unsaturated/α-hetero) is 1. The third-order valence-electron chi connectivity index (χ3n) is 2.09. The predicted molar refractivity (Wildman–Crippen MR) is 77.6 cm³/mol. The van der Waals surface area contributed by atoms with E-state index < -0.39 is 0 Å². The summed E-state index contributed by atoms with van der Waals surface area (Å²) in [5.74, 6) is -0.264. The first kappa shape index (κ1) is 14.6. The summed E-state index contributed by atoms with van der Waals surface area (Å²) in [6, 6.07) is 5.26. The molecule has 0 aliphatic rings. The number of ether oxygens (including phenoxy) is 1. The van der Waals surface area contributed by atoms with Crippen LogP contribution in [0.2, 0.25) is 0 Å². The molecule has 0 spiro atoms. The zero-order chi connectivity index (χ0) is 12.8. The third-order valence-corrected chi connectivity index (χ3v) is 3.77. The molecule has 0 bridgehead atoms. The first-order valence-corrected chi connectivity index (χ1v) is 7.31. The molecule has 3 nitrogen and oxygen atoms in total. The number of benzene rings is 1. The lowest BCUT2D eigenvalue weighted by molar-refractivity contribution is -0.115. The van der Waals surface area contributed by atoms with Gasteiger partial charge in [0.1, 0.15) is 5.78 Å². The number of ketones is 1. The number of carbonyl (C=O) groups excluding carboxylic acids is 2. The van der Waals surface area contributed by atoms with Gasteiger partial charge in [0.05, 0.1) is 17.5 Å². The van der Waals surface area contributed by atoms with Crippen LogP contribution < -0.4 is 0 Å². The Bertz CT molecular complexity index is 432. The highest BCUT2D eigenvalue weighted by Gasteiger charge is 2.11. The van der Waals surface area contributed by atoms with E-state index in [0.717, 1.165) is 9.13 Å². The van der Waals surface area contributed by atoms with Crippen molar-refractivity contribution >= 4 is 50.3 Å². The van der Waals surface area contributed by atoms with Gasteiger partial charge in [-0.1, -0.05) is 15.9 Å². The van der Waals surface area contributed by atoms with Crippen LogP contribution in [0, 0.1) is 3.57 Å². The minimum atomic E-state index is -0.351. The Morgan fingerprint density at radius 3 is 2.71 bits per heavy atom. The summed E-state index contributed by atoms with van der Waals surface area (Å²) in [5, 5.41) is 0.326. The van der Waals surface area contributed by atoms with Crippen molar-refractivity contribution in [2.45, 2.75) is 13.3 Å². The smallest absolute Gasteiger partial charge is 0.338 e. The third kappa shape index (κ3) is 4.39. The number of hydrogen-bond acceptors (Lipinski definition) is 3. The molecule has 0 saturated heterocycles. The standard InChI is InChI=1S/C12H12BrIO3/c1-2-17-12(16)8-3-4-11(14)9(5-8)6-10(15)7-13/h3-5H,2,6-7H2,1H3. The minimum absolute atomic E-state index is 0.0870. The number of alkyl halides is 1. The van der Waals surface area contributed by atoms with Gasteiger partial charge >= 0.3 is 5.97 Å². The minimum Gasteiger partial charge on any atom is -0.462 e. The van der Waals surface area contributed by atoms with Gasteiger partial charge in [-0.05, 0) is 53.3 Å². The van der Waals surface area contributed by atoms with Crippen molar-refractivity contribution in [3.05, 3.63) is 32.9 Å². The van der Waals surface area contributed by atoms with E-state index in [1.54, 1.807) is 19.1 Å². The summed E-state index contributed by atoms with van der Waals surface area (Å²) in [6.45, 7) is 2.11. The van der Waals surface area contributed by atoms with Gasteiger partial charge in [0.2, 0.25) is 0 Å². The van der Waals surface area contributed by atoms with Crippen molar-refractivity contribution in [3.8, 4) is 0 Å².